The third-order valence-corrected chi connectivity index (χ3v) is 5.69. The maximum Gasteiger partial charge on any atom is 0.263 e. The van der Waals surface area contributed by atoms with Crippen molar-refractivity contribution in [2.45, 2.75) is 17.9 Å². The Labute approximate surface area is 154 Å². The highest BCUT2D eigenvalue weighted by Gasteiger charge is 2.31. The first-order valence-electron chi connectivity index (χ1n) is 7.24. The van der Waals surface area contributed by atoms with Crippen LogP contribution in [0.2, 0.25) is 10.0 Å². The van der Waals surface area contributed by atoms with Crippen LogP contribution >= 0.6 is 23.2 Å². The van der Waals surface area contributed by atoms with Gasteiger partial charge >= 0.3 is 0 Å². The zero-order chi connectivity index (χ0) is 18.2. The highest BCUT2D eigenvalue weighted by atomic mass is 35.5. The molecule has 2 N–H and O–H groups in total. The number of anilines is 1. The Bertz CT molecular complexity index is 990. The Morgan fingerprint density at radius 3 is 2.60 bits per heavy atom. The van der Waals surface area contributed by atoms with Gasteiger partial charge in [0.15, 0.2) is 0 Å². The molecule has 1 heterocycles. The molecule has 0 spiro atoms. The van der Waals surface area contributed by atoms with Gasteiger partial charge in [-0.15, -0.1) is 0 Å². The summed E-state index contributed by atoms with van der Waals surface area (Å²) >= 11 is 11.8. The van der Waals surface area contributed by atoms with Crippen LogP contribution in [0.5, 0.6) is 0 Å². The molecule has 130 valence electrons. The number of amides is 1. The SMILES string of the molecule is CC(N=C1NS(=O)(=O)c2ccccc21)C(=O)Nc1ccc(Cl)c(Cl)c1. The summed E-state index contributed by atoms with van der Waals surface area (Å²) in [6.45, 7) is 1.56. The smallest absolute Gasteiger partial charge is 0.263 e. The van der Waals surface area contributed by atoms with E-state index in [1.54, 1.807) is 37.3 Å². The van der Waals surface area contributed by atoms with E-state index in [-0.39, 0.29) is 10.7 Å². The Balaban J connectivity index is 1.82. The van der Waals surface area contributed by atoms with Crippen molar-refractivity contribution < 1.29 is 13.2 Å². The van der Waals surface area contributed by atoms with Crippen molar-refractivity contribution >= 4 is 50.7 Å². The van der Waals surface area contributed by atoms with Gasteiger partial charge in [-0.2, -0.15) is 0 Å². The number of carbonyl (C=O) groups is 1. The number of hydrogen-bond acceptors (Lipinski definition) is 4. The van der Waals surface area contributed by atoms with E-state index in [1.165, 1.54) is 12.1 Å². The standard InChI is InChI=1S/C16H13Cl2N3O3S/c1-9(16(22)20-10-6-7-12(17)13(18)8-10)19-15-11-4-2-3-5-14(11)25(23,24)21-15/h2-9H,1H3,(H,19,21)(H,20,22). The molecular weight excluding hydrogens is 385 g/mol. The third kappa shape index (κ3) is 3.63. The molecule has 1 unspecified atom stereocenters. The Hall–Kier alpha value is -2.09. The van der Waals surface area contributed by atoms with Crippen LogP contribution in [0.15, 0.2) is 52.4 Å². The lowest BCUT2D eigenvalue weighted by atomic mass is 10.2. The summed E-state index contributed by atoms with van der Waals surface area (Å²) in [6, 6.07) is 10.3. The fourth-order valence-electron chi connectivity index (χ4n) is 2.30. The summed E-state index contributed by atoms with van der Waals surface area (Å²) in [5.74, 6) is -0.262. The van der Waals surface area contributed by atoms with Crippen LogP contribution in [0.4, 0.5) is 5.69 Å². The van der Waals surface area contributed by atoms with Crippen molar-refractivity contribution in [3.05, 3.63) is 58.1 Å². The van der Waals surface area contributed by atoms with Crippen molar-refractivity contribution in [1.29, 1.82) is 0 Å². The van der Waals surface area contributed by atoms with Crippen LogP contribution in [-0.2, 0) is 14.8 Å². The average Bonchev–Trinajstić information content (AvgIpc) is 2.82. The Morgan fingerprint density at radius 1 is 1.16 bits per heavy atom. The van der Waals surface area contributed by atoms with Gasteiger partial charge in [-0.25, -0.2) is 8.42 Å². The van der Waals surface area contributed by atoms with Gasteiger partial charge in [0.1, 0.15) is 11.9 Å². The lowest BCUT2D eigenvalue weighted by Crippen LogP contribution is -2.28. The molecule has 2 aromatic carbocycles. The molecule has 0 radical (unpaired) electrons. The molecule has 0 saturated heterocycles. The predicted molar refractivity (Wildman–Crippen MR) is 97.9 cm³/mol. The molecule has 1 atom stereocenters. The number of nitrogens with zero attached hydrogens (tertiary/aromatic N) is 1. The predicted octanol–water partition coefficient (Wildman–Crippen LogP) is 3.06. The zero-order valence-electron chi connectivity index (χ0n) is 13.0. The van der Waals surface area contributed by atoms with Crippen molar-refractivity contribution in [3.8, 4) is 0 Å². The van der Waals surface area contributed by atoms with E-state index in [0.717, 1.165) is 0 Å². The summed E-state index contributed by atoms with van der Waals surface area (Å²) in [7, 11) is -3.64. The van der Waals surface area contributed by atoms with E-state index in [4.69, 9.17) is 23.2 Å². The average molecular weight is 398 g/mol. The van der Waals surface area contributed by atoms with E-state index in [0.29, 0.717) is 21.3 Å². The minimum absolute atomic E-state index is 0.144. The van der Waals surface area contributed by atoms with E-state index < -0.39 is 22.0 Å². The number of carbonyl (C=O) groups excluding carboxylic acids is 1. The van der Waals surface area contributed by atoms with E-state index >= 15 is 0 Å². The second-order valence-corrected chi connectivity index (χ2v) is 7.84. The molecule has 1 aliphatic rings. The van der Waals surface area contributed by atoms with Crippen molar-refractivity contribution in [1.82, 2.24) is 4.72 Å². The maximum absolute atomic E-state index is 12.3. The van der Waals surface area contributed by atoms with Crippen LogP contribution in [0.3, 0.4) is 0 Å². The van der Waals surface area contributed by atoms with E-state index in [2.05, 4.69) is 15.0 Å². The van der Waals surface area contributed by atoms with Crippen LogP contribution in [0.1, 0.15) is 12.5 Å². The molecule has 9 heteroatoms. The number of benzene rings is 2. The van der Waals surface area contributed by atoms with Gasteiger partial charge < -0.3 is 5.32 Å². The Kier molecular flexibility index (Phi) is 4.73. The molecule has 0 aliphatic carbocycles. The zero-order valence-corrected chi connectivity index (χ0v) is 15.3. The fourth-order valence-corrected chi connectivity index (χ4v) is 3.84. The van der Waals surface area contributed by atoms with Crippen LogP contribution < -0.4 is 10.0 Å². The highest BCUT2D eigenvalue weighted by Crippen LogP contribution is 2.25. The van der Waals surface area contributed by atoms with Gasteiger partial charge in [0.05, 0.1) is 14.9 Å². The number of sulfonamides is 1. The summed E-state index contributed by atoms with van der Waals surface area (Å²) in [5, 5.41) is 3.36. The number of nitrogens with one attached hydrogen (secondary N) is 2. The summed E-state index contributed by atoms with van der Waals surface area (Å²) < 4.78 is 26.5. The van der Waals surface area contributed by atoms with E-state index in [9.17, 15) is 13.2 Å². The summed E-state index contributed by atoms with van der Waals surface area (Å²) in [6.07, 6.45) is 0. The normalized spacial score (nSPS) is 17.6. The molecular formula is C16H13Cl2N3O3S. The van der Waals surface area contributed by atoms with Crippen molar-refractivity contribution in [2.75, 3.05) is 5.32 Å². The van der Waals surface area contributed by atoms with Gasteiger partial charge in [0.2, 0.25) is 5.91 Å². The van der Waals surface area contributed by atoms with Crippen molar-refractivity contribution in [2.24, 2.45) is 4.99 Å². The molecule has 6 nitrogen and oxygen atoms in total. The number of fused-ring (bicyclic) bond motifs is 1. The number of rotatable bonds is 3. The Morgan fingerprint density at radius 2 is 1.88 bits per heavy atom. The summed E-state index contributed by atoms with van der Waals surface area (Å²) in [4.78, 5) is 16.6. The molecule has 1 amide bonds. The third-order valence-electron chi connectivity index (χ3n) is 3.55. The van der Waals surface area contributed by atoms with Crippen molar-refractivity contribution in [3.63, 3.8) is 0 Å². The second kappa shape index (κ2) is 6.67. The quantitative estimate of drug-likeness (QED) is 0.833. The lowest BCUT2D eigenvalue weighted by Gasteiger charge is -2.10. The first kappa shape index (κ1) is 17.7. The van der Waals surface area contributed by atoms with Crippen LogP contribution in [0, 0.1) is 0 Å². The second-order valence-electron chi connectivity index (χ2n) is 5.37. The van der Waals surface area contributed by atoms with Crippen LogP contribution in [0.25, 0.3) is 0 Å². The van der Waals surface area contributed by atoms with Gasteiger partial charge in [0, 0.05) is 11.3 Å². The summed E-state index contributed by atoms with van der Waals surface area (Å²) in [5.41, 5.74) is 0.913. The monoisotopic (exact) mass is 397 g/mol. The number of amidine groups is 1. The maximum atomic E-state index is 12.3. The van der Waals surface area contributed by atoms with Gasteiger partial charge in [-0.3, -0.25) is 14.5 Å². The largest absolute Gasteiger partial charge is 0.324 e. The molecule has 0 saturated carbocycles. The molecule has 2 aromatic rings. The minimum Gasteiger partial charge on any atom is -0.324 e. The topological polar surface area (TPSA) is 87.6 Å². The van der Waals surface area contributed by atoms with Gasteiger partial charge in [0.25, 0.3) is 10.0 Å². The molecule has 0 aromatic heterocycles. The molecule has 1 aliphatic heterocycles. The van der Waals surface area contributed by atoms with Gasteiger partial charge in [-0.05, 0) is 37.3 Å². The number of hydrogen-bond donors (Lipinski definition) is 2. The van der Waals surface area contributed by atoms with E-state index in [1.807, 2.05) is 0 Å². The fraction of sp³-hybridized carbons (Fsp3) is 0.125. The lowest BCUT2D eigenvalue weighted by molar-refractivity contribution is -0.117. The molecule has 0 fully saturated rings. The minimum atomic E-state index is -3.64. The van der Waals surface area contributed by atoms with Gasteiger partial charge in [-0.1, -0.05) is 35.3 Å². The molecule has 0 bridgehead atoms. The number of halogens is 2. The number of aliphatic imine (C=N–C) groups is 1. The first-order chi connectivity index (χ1) is 11.8. The molecule has 3 rings (SSSR count). The van der Waals surface area contributed by atoms with Crippen LogP contribution in [-0.4, -0.2) is 26.2 Å². The first-order valence-corrected chi connectivity index (χ1v) is 9.48. The molecule has 25 heavy (non-hydrogen) atoms. The highest BCUT2D eigenvalue weighted by molar-refractivity contribution is 7.90.